The molecule has 0 unspecified atom stereocenters. The van der Waals surface area contributed by atoms with E-state index >= 15 is 0 Å². The lowest BCUT2D eigenvalue weighted by molar-refractivity contribution is -0.0289. The zero-order chi connectivity index (χ0) is 16.8. The van der Waals surface area contributed by atoms with Crippen molar-refractivity contribution in [3.8, 4) is 0 Å². The zero-order valence-electron chi connectivity index (χ0n) is 13.2. The Hall–Kier alpha value is -1.42. The Labute approximate surface area is 138 Å². The number of fused-ring (bicyclic) bond motifs is 1. The Morgan fingerprint density at radius 1 is 1.26 bits per heavy atom. The van der Waals surface area contributed by atoms with Crippen LogP contribution in [-0.4, -0.2) is 58.5 Å². The summed E-state index contributed by atoms with van der Waals surface area (Å²) >= 11 is 1.68. The summed E-state index contributed by atoms with van der Waals surface area (Å²) in [5.74, 6) is 0.851. The van der Waals surface area contributed by atoms with Crippen molar-refractivity contribution in [1.82, 2.24) is 19.5 Å². The Balaban J connectivity index is 1.84. The summed E-state index contributed by atoms with van der Waals surface area (Å²) in [6.07, 6.45) is -0.415. The van der Waals surface area contributed by atoms with Gasteiger partial charge < -0.3 is 20.7 Å². The number of nitrogen functional groups attached to an aromatic ring is 1. The molecule has 9 heteroatoms. The van der Waals surface area contributed by atoms with Crippen LogP contribution in [0.5, 0.6) is 0 Å². The molecule has 0 radical (unpaired) electrons. The molecule has 4 atom stereocenters. The van der Waals surface area contributed by atoms with Gasteiger partial charge in [-0.1, -0.05) is 20.8 Å². The molecule has 2 aromatic heterocycles. The standard InChI is InChI=1S/C14H21N5O3S/c1-14(2,3)23-4-7-9(20)10(21)13(22-7)19-6-18-8-11(15)16-5-17-12(8)19/h5-7,9-10,13,20-21H,4H2,1-3H3,(H2,15,16,17)/t7-,9-,10-,13-/m1/s1. The number of aromatic nitrogens is 4. The summed E-state index contributed by atoms with van der Waals surface area (Å²) in [6.45, 7) is 6.28. The molecular weight excluding hydrogens is 318 g/mol. The highest BCUT2D eigenvalue weighted by molar-refractivity contribution is 8.00. The van der Waals surface area contributed by atoms with Crippen LogP contribution in [0.2, 0.25) is 0 Å². The average molecular weight is 339 g/mol. The number of aliphatic hydroxyl groups excluding tert-OH is 2. The number of anilines is 1. The molecule has 23 heavy (non-hydrogen) atoms. The molecule has 2 aromatic rings. The second-order valence-corrected chi connectivity index (χ2v) is 8.40. The van der Waals surface area contributed by atoms with Crippen LogP contribution in [0, 0.1) is 0 Å². The lowest BCUT2D eigenvalue weighted by Crippen LogP contribution is -2.33. The molecule has 3 rings (SSSR count). The van der Waals surface area contributed by atoms with Crippen molar-refractivity contribution in [2.45, 2.75) is 50.1 Å². The molecule has 8 nitrogen and oxygen atoms in total. The highest BCUT2D eigenvalue weighted by atomic mass is 32.2. The van der Waals surface area contributed by atoms with Gasteiger partial charge in [0.2, 0.25) is 0 Å². The van der Waals surface area contributed by atoms with Gasteiger partial charge in [0.15, 0.2) is 17.7 Å². The molecule has 0 aliphatic carbocycles. The first-order valence-corrected chi connectivity index (χ1v) is 8.35. The van der Waals surface area contributed by atoms with Crippen molar-refractivity contribution in [1.29, 1.82) is 0 Å². The van der Waals surface area contributed by atoms with Crippen LogP contribution in [0.15, 0.2) is 12.7 Å². The number of hydrogen-bond donors (Lipinski definition) is 3. The first-order valence-electron chi connectivity index (χ1n) is 7.36. The van der Waals surface area contributed by atoms with E-state index < -0.39 is 24.5 Å². The minimum absolute atomic E-state index is 0.0511. The van der Waals surface area contributed by atoms with E-state index in [1.807, 2.05) is 0 Å². The number of rotatable bonds is 3. The van der Waals surface area contributed by atoms with Crippen molar-refractivity contribution in [3.05, 3.63) is 12.7 Å². The predicted molar refractivity (Wildman–Crippen MR) is 87.9 cm³/mol. The summed E-state index contributed by atoms with van der Waals surface area (Å²) in [7, 11) is 0. The topological polar surface area (TPSA) is 119 Å². The number of aliphatic hydroxyl groups is 2. The molecule has 0 aromatic carbocycles. The van der Waals surface area contributed by atoms with Gasteiger partial charge in [0.05, 0.1) is 12.4 Å². The van der Waals surface area contributed by atoms with Crippen molar-refractivity contribution >= 4 is 28.7 Å². The van der Waals surface area contributed by atoms with E-state index in [-0.39, 0.29) is 10.6 Å². The van der Waals surface area contributed by atoms with E-state index in [2.05, 4.69) is 35.7 Å². The summed E-state index contributed by atoms with van der Waals surface area (Å²) in [5, 5.41) is 20.6. The monoisotopic (exact) mass is 339 g/mol. The number of hydrogen-bond acceptors (Lipinski definition) is 8. The van der Waals surface area contributed by atoms with Gasteiger partial charge in [0.25, 0.3) is 0 Å². The van der Waals surface area contributed by atoms with E-state index in [0.717, 1.165) is 0 Å². The quantitative estimate of drug-likeness (QED) is 0.742. The normalized spacial score (nSPS) is 28.6. The number of ether oxygens (including phenoxy) is 1. The minimum Gasteiger partial charge on any atom is -0.387 e. The van der Waals surface area contributed by atoms with E-state index in [1.165, 1.54) is 12.7 Å². The molecule has 1 fully saturated rings. The molecule has 0 amide bonds. The van der Waals surface area contributed by atoms with Gasteiger partial charge in [0.1, 0.15) is 24.1 Å². The molecule has 0 saturated carbocycles. The van der Waals surface area contributed by atoms with Crippen LogP contribution in [0.1, 0.15) is 27.0 Å². The zero-order valence-corrected chi connectivity index (χ0v) is 14.1. The Morgan fingerprint density at radius 2 is 2.00 bits per heavy atom. The summed E-state index contributed by atoms with van der Waals surface area (Å²) < 4.78 is 7.51. The Bertz CT molecular complexity index is 701. The van der Waals surface area contributed by atoms with Crippen LogP contribution in [0.25, 0.3) is 11.2 Å². The average Bonchev–Trinajstić information content (AvgIpc) is 3.01. The highest BCUT2D eigenvalue weighted by Crippen LogP contribution is 2.35. The minimum atomic E-state index is -1.06. The van der Waals surface area contributed by atoms with Gasteiger partial charge in [-0.25, -0.2) is 15.0 Å². The Morgan fingerprint density at radius 3 is 2.70 bits per heavy atom. The van der Waals surface area contributed by atoms with E-state index in [0.29, 0.717) is 16.9 Å². The fraction of sp³-hybridized carbons (Fsp3) is 0.643. The number of nitrogens with two attached hydrogens (primary N) is 1. The van der Waals surface area contributed by atoms with Crippen molar-refractivity contribution in [2.75, 3.05) is 11.5 Å². The molecule has 0 bridgehead atoms. The predicted octanol–water partition coefficient (Wildman–Crippen LogP) is 0.559. The fourth-order valence-corrected chi connectivity index (χ4v) is 3.43. The van der Waals surface area contributed by atoms with Gasteiger partial charge in [-0.15, -0.1) is 0 Å². The molecule has 3 heterocycles. The second-order valence-electron chi connectivity index (χ2n) is 6.55. The third-order valence-corrected chi connectivity index (χ3v) is 5.04. The van der Waals surface area contributed by atoms with E-state index in [1.54, 1.807) is 16.3 Å². The second kappa shape index (κ2) is 5.90. The van der Waals surface area contributed by atoms with E-state index in [9.17, 15) is 10.2 Å². The molecular formula is C14H21N5O3S. The van der Waals surface area contributed by atoms with Crippen molar-refractivity contribution < 1.29 is 14.9 Å². The van der Waals surface area contributed by atoms with E-state index in [4.69, 9.17) is 10.5 Å². The lowest BCUT2D eigenvalue weighted by atomic mass is 10.1. The highest BCUT2D eigenvalue weighted by Gasteiger charge is 2.44. The maximum Gasteiger partial charge on any atom is 0.167 e. The summed E-state index contributed by atoms with van der Waals surface area (Å²) in [4.78, 5) is 12.2. The molecule has 1 aliphatic rings. The number of nitrogens with zero attached hydrogens (tertiary/aromatic N) is 4. The number of imidazole rings is 1. The van der Waals surface area contributed by atoms with Crippen LogP contribution < -0.4 is 5.73 Å². The van der Waals surface area contributed by atoms with Gasteiger partial charge in [0, 0.05) is 10.5 Å². The SMILES string of the molecule is CC(C)(C)SC[C@H]1O[C@@H](n2cnc3c(N)ncnc32)[C@H](O)[C@@H]1O. The maximum atomic E-state index is 10.4. The van der Waals surface area contributed by atoms with Gasteiger partial charge in [-0.3, -0.25) is 4.57 Å². The first kappa shape index (κ1) is 16.4. The summed E-state index contributed by atoms with van der Waals surface area (Å²) in [6, 6.07) is 0. The van der Waals surface area contributed by atoms with Crippen molar-refractivity contribution in [3.63, 3.8) is 0 Å². The third kappa shape index (κ3) is 3.14. The first-order chi connectivity index (χ1) is 10.8. The van der Waals surface area contributed by atoms with Gasteiger partial charge in [-0.05, 0) is 0 Å². The molecule has 0 spiro atoms. The fourth-order valence-electron chi connectivity index (χ4n) is 2.49. The van der Waals surface area contributed by atoms with Gasteiger partial charge in [-0.2, -0.15) is 11.8 Å². The van der Waals surface area contributed by atoms with Crippen LogP contribution >= 0.6 is 11.8 Å². The van der Waals surface area contributed by atoms with Crippen molar-refractivity contribution in [2.24, 2.45) is 0 Å². The van der Waals surface area contributed by atoms with Crippen LogP contribution in [0.4, 0.5) is 5.82 Å². The number of thioether (sulfide) groups is 1. The maximum absolute atomic E-state index is 10.4. The lowest BCUT2D eigenvalue weighted by Gasteiger charge is -2.21. The van der Waals surface area contributed by atoms with Gasteiger partial charge >= 0.3 is 0 Å². The Kier molecular flexibility index (Phi) is 4.21. The molecule has 126 valence electrons. The largest absolute Gasteiger partial charge is 0.387 e. The molecule has 1 saturated heterocycles. The molecule has 4 N–H and O–H groups in total. The van der Waals surface area contributed by atoms with Crippen LogP contribution in [-0.2, 0) is 4.74 Å². The smallest absolute Gasteiger partial charge is 0.167 e. The van der Waals surface area contributed by atoms with Crippen LogP contribution in [0.3, 0.4) is 0 Å². The molecule has 1 aliphatic heterocycles. The summed E-state index contributed by atoms with van der Waals surface area (Å²) in [5.41, 5.74) is 6.69. The third-order valence-electron chi connectivity index (χ3n) is 3.68.